The van der Waals surface area contributed by atoms with Gasteiger partial charge in [-0.25, -0.2) is 0 Å². The normalized spacial score (nSPS) is 13.3. The molecule has 0 heterocycles. The van der Waals surface area contributed by atoms with E-state index in [0.29, 0.717) is 5.92 Å². The molecule has 2 heteroatoms. The van der Waals surface area contributed by atoms with Crippen molar-refractivity contribution in [2.45, 2.75) is 25.3 Å². The van der Waals surface area contributed by atoms with Crippen molar-refractivity contribution in [2.24, 2.45) is 0 Å². The molecular formula is C33H30ClN. The molecule has 0 spiro atoms. The van der Waals surface area contributed by atoms with Crippen LogP contribution in [0.3, 0.4) is 0 Å². The molecule has 2 atom stereocenters. The lowest BCUT2D eigenvalue weighted by molar-refractivity contribution is 0.548. The van der Waals surface area contributed by atoms with Crippen LogP contribution in [-0.4, -0.2) is 13.1 Å². The molecule has 5 aromatic rings. The maximum absolute atomic E-state index is 6.23. The predicted molar refractivity (Wildman–Crippen MR) is 154 cm³/mol. The Morgan fingerprint density at radius 2 is 1.43 bits per heavy atom. The highest BCUT2D eigenvalue weighted by atomic mass is 35.5. The highest BCUT2D eigenvalue weighted by Crippen LogP contribution is 2.32. The molecule has 5 aromatic carbocycles. The van der Waals surface area contributed by atoms with Crippen LogP contribution in [0.4, 0.5) is 5.69 Å². The lowest BCUT2D eigenvalue weighted by atomic mass is 9.88. The predicted octanol–water partition coefficient (Wildman–Crippen LogP) is 9.36. The standard InChI is InChI=1S/C33H30ClN/c1-24(35(2)31-22-19-25-9-3-4-11-29(25)23-31)32(28-17-20-30(34)21-18-28)16-8-14-27-13-7-12-26-10-5-6-15-33(26)27/h3-15,17-24,32H,16H2,1-2H3. The van der Waals surface area contributed by atoms with Gasteiger partial charge in [0, 0.05) is 29.7 Å². The Morgan fingerprint density at radius 3 is 2.23 bits per heavy atom. The topological polar surface area (TPSA) is 3.24 Å². The van der Waals surface area contributed by atoms with E-state index in [9.17, 15) is 0 Å². The smallest absolute Gasteiger partial charge is 0.0406 e. The van der Waals surface area contributed by atoms with Gasteiger partial charge in [-0.3, -0.25) is 0 Å². The van der Waals surface area contributed by atoms with E-state index in [2.05, 4.69) is 128 Å². The number of allylic oxidation sites excluding steroid dienone is 1. The molecule has 0 fully saturated rings. The highest BCUT2D eigenvalue weighted by Gasteiger charge is 2.22. The number of halogens is 1. The number of likely N-dealkylation sites (N-methyl/N-ethyl adjacent to an activating group) is 1. The fourth-order valence-corrected chi connectivity index (χ4v) is 5.09. The van der Waals surface area contributed by atoms with Crippen molar-refractivity contribution in [3.05, 3.63) is 131 Å². The van der Waals surface area contributed by atoms with E-state index in [0.717, 1.165) is 11.4 Å². The maximum Gasteiger partial charge on any atom is 0.0406 e. The van der Waals surface area contributed by atoms with Gasteiger partial charge in [-0.2, -0.15) is 0 Å². The van der Waals surface area contributed by atoms with Gasteiger partial charge in [0.1, 0.15) is 0 Å². The van der Waals surface area contributed by atoms with E-state index in [1.54, 1.807) is 0 Å². The molecule has 0 bridgehead atoms. The molecule has 174 valence electrons. The van der Waals surface area contributed by atoms with Crippen LogP contribution in [0.5, 0.6) is 0 Å². The molecule has 2 unspecified atom stereocenters. The fourth-order valence-electron chi connectivity index (χ4n) is 4.96. The minimum atomic E-state index is 0.287. The van der Waals surface area contributed by atoms with Gasteiger partial charge in [-0.15, -0.1) is 0 Å². The van der Waals surface area contributed by atoms with Crippen LogP contribution in [-0.2, 0) is 0 Å². The average Bonchev–Trinajstić information content (AvgIpc) is 2.91. The van der Waals surface area contributed by atoms with E-state index >= 15 is 0 Å². The summed E-state index contributed by atoms with van der Waals surface area (Å²) >= 11 is 6.23. The highest BCUT2D eigenvalue weighted by molar-refractivity contribution is 6.30. The van der Waals surface area contributed by atoms with Gasteiger partial charge in [-0.05, 0) is 70.3 Å². The van der Waals surface area contributed by atoms with Crippen LogP contribution in [0.2, 0.25) is 5.02 Å². The van der Waals surface area contributed by atoms with Crippen molar-refractivity contribution in [2.75, 3.05) is 11.9 Å². The lowest BCUT2D eigenvalue weighted by Gasteiger charge is -2.34. The van der Waals surface area contributed by atoms with E-state index in [-0.39, 0.29) is 6.04 Å². The minimum Gasteiger partial charge on any atom is -0.371 e. The van der Waals surface area contributed by atoms with Gasteiger partial charge in [0.05, 0.1) is 0 Å². The first-order valence-electron chi connectivity index (χ1n) is 12.2. The first kappa shape index (κ1) is 23.2. The number of hydrogen-bond acceptors (Lipinski definition) is 1. The van der Waals surface area contributed by atoms with Crippen LogP contribution in [0.1, 0.15) is 30.4 Å². The first-order valence-corrected chi connectivity index (χ1v) is 12.6. The Bertz CT molecular complexity index is 1460. The van der Waals surface area contributed by atoms with Crippen molar-refractivity contribution < 1.29 is 0 Å². The number of benzene rings is 5. The van der Waals surface area contributed by atoms with Crippen LogP contribution in [0.25, 0.3) is 27.6 Å². The summed E-state index contributed by atoms with van der Waals surface area (Å²) in [6.07, 6.45) is 5.53. The van der Waals surface area contributed by atoms with Gasteiger partial charge < -0.3 is 4.90 Å². The third-order valence-corrected chi connectivity index (χ3v) is 7.39. The number of hydrogen-bond donors (Lipinski definition) is 0. The molecule has 0 aliphatic heterocycles. The molecule has 35 heavy (non-hydrogen) atoms. The zero-order valence-electron chi connectivity index (χ0n) is 20.2. The number of nitrogens with zero attached hydrogens (tertiary/aromatic N) is 1. The van der Waals surface area contributed by atoms with Crippen LogP contribution in [0, 0.1) is 0 Å². The van der Waals surface area contributed by atoms with Crippen molar-refractivity contribution in [3.63, 3.8) is 0 Å². The second-order valence-electron chi connectivity index (χ2n) is 9.25. The summed E-state index contributed by atoms with van der Waals surface area (Å²) in [6.45, 7) is 2.32. The van der Waals surface area contributed by atoms with Crippen LogP contribution < -0.4 is 4.90 Å². The molecule has 1 nitrogen and oxygen atoms in total. The Kier molecular flexibility index (Phi) is 6.88. The molecular weight excluding hydrogens is 446 g/mol. The van der Waals surface area contributed by atoms with Gasteiger partial charge in [-0.1, -0.05) is 109 Å². The largest absolute Gasteiger partial charge is 0.371 e. The summed E-state index contributed by atoms with van der Waals surface area (Å²) in [6, 6.07) is 39.0. The summed E-state index contributed by atoms with van der Waals surface area (Å²) in [5.74, 6) is 0.315. The van der Waals surface area contributed by atoms with E-state index in [1.807, 2.05) is 12.1 Å². The molecule has 0 saturated heterocycles. The number of fused-ring (bicyclic) bond motifs is 2. The van der Waals surface area contributed by atoms with Gasteiger partial charge in [0.25, 0.3) is 0 Å². The Balaban J connectivity index is 1.44. The van der Waals surface area contributed by atoms with Crippen molar-refractivity contribution in [1.82, 2.24) is 0 Å². The lowest BCUT2D eigenvalue weighted by Crippen LogP contribution is -2.34. The maximum atomic E-state index is 6.23. The minimum absolute atomic E-state index is 0.287. The Hall–Kier alpha value is -3.55. The second-order valence-corrected chi connectivity index (χ2v) is 9.68. The number of anilines is 1. The fraction of sp³-hybridized carbons (Fsp3) is 0.152. The summed E-state index contributed by atoms with van der Waals surface area (Å²) in [5.41, 5.74) is 3.79. The summed E-state index contributed by atoms with van der Waals surface area (Å²) < 4.78 is 0. The van der Waals surface area contributed by atoms with E-state index in [1.165, 1.54) is 38.4 Å². The molecule has 0 saturated carbocycles. The summed E-state index contributed by atoms with van der Waals surface area (Å²) in [4.78, 5) is 2.40. The van der Waals surface area contributed by atoms with Crippen LogP contribution in [0.15, 0.2) is 115 Å². The van der Waals surface area contributed by atoms with Crippen molar-refractivity contribution in [3.8, 4) is 0 Å². The quantitative estimate of drug-likeness (QED) is 0.226. The monoisotopic (exact) mass is 475 g/mol. The molecule has 0 radical (unpaired) electrons. The van der Waals surface area contributed by atoms with E-state index in [4.69, 9.17) is 11.6 Å². The summed E-state index contributed by atoms with van der Waals surface area (Å²) in [7, 11) is 2.20. The summed E-state index contributed by atoms with van der Waals surface area (Å²) in [5, 5.41) is 5.87. The Labute approximate surface area is 213 Å². The first-order chi connectivity index (χ1) is 17.1. The van der Waals surface area contributed by atoms with Crippen molar-refractivity contribution >= 4 is 44.9 Å². The third kappa shape index (κ3) is 5.11. The molecule has 5 rings (SSSR count). The molecule has 0 aliphatic carbocycles. The van der Waals surface area contributed by atoms with Crippen molar-refractivity contribution in [1.29, 1.82) is 0 Å². The number of rotatable bonds is 7. The van der Waals surface area contributed by atoms with Gasteiger partial charge >= 0.3 is 0 Å². The van der Waals surface area contributed by atoms with Crippen LogP contribution >= 0.6 is 11.6 Å². The van der Waals surface area contributed by atoms with Gasteiger partial charge in [0.2, 0.25) is 0 Å². The molecule has 0 N–H and O–H groups in total. The molecule has 0 aliphatic rings. The zero-order valence-corrected chi connectivity index (χ0v) is 21.0. The molecule has 0 aromatic heterocycles. The average molecular weight is 476 g/mol. The van der Waals surface area contributed by atoms with E-state index < -0.39 is 0 Å². The van der Waals surface area contributed by atoms with Gasteiger partial charge in [0.15, 0.2) is 0 Å². The SMILES string of the molecule is CC(C(CC=Cc1cccc2ccccc12)c1ccc(Cl)cc1)N(C)c1ccc2ccccc2c1. The molecule has 0 amide bonds. The Morgan fingerprint density at radius 1 is 0.743 bits per heavy atom. The zero-order chi connectivity index (χ0) is 24.2. The third-order valence-electron chi connectivity index (χ3n) is 7.14. The second kappa shape index (κ2) is 10.4.